The summed E-state index contributed by atoms with van der Waals surface area (Å²) < 4.78 is 5.21. The molecule has 5 heteroatoms. The molecule has 33 heavy (non-hydrogen) atoms. The average Bonchev–Trinajstić information content (AvgIpc) is 3.06. The van der Waals surface area contributed by atoms with E-state index in [-0.39, 0.29) is 12.2 Å². The lowest BCUT2D eigenvalue weighted by atomic mass is 9.88. The summed E-state index contributed by atoms with van der Waals surface area (Å²) in [5.41, 5.74) is 0.504. The van der Waals surface area contributed by atoms with Gasteiger partial charge in [0, 0.05) is 11.1 Å². The highest BCUT2D eigenvalue weighted by Gasteiger charge is 2.50. The highest BCUT2D eigenvalue weighted by Crippen LogP contribution is 2.44. The molecule has 5 rings (SSSR count). The van der Waals surface area contributed by atoms with E-state index in [1.807, 2.05) is 54.6 Å². The van der Waals surface area contributed by atoms with Gasteiger partial charge in [-0.1, -0.05) is 72.8 Å². The van der Waals surface area contributed by atoms with Crippen molar-refractivity contribution in [3.8, 4) is 5.75 Å². The molecule has 1 N–H and O–H groups in total. The number of fused-ring (bicyclic) bond motifs is 2. The summed E-state index contributed by atoms with van der Waals surface area (Å²) in [6.07, 6.45) is -0.345. The first-order valence-electron chi connectivity index (χ1n) is 10.8. The summed E-state index contributed by atoms with van der Waals surface area (Å²) in [5, 5.41) is 13.7. The number of methoxy groups -OCH3 is 1. The third-order valence-corrected chi connectivity index (χ3v) is 6.26. The van der Waals surface area contributed by atoms with E-state index in [1.54, 1.807) is 41.3 Å². The van der Waals surface area contributed by atoms with Crippen LogP contribution in [0.15, 0.2) is 91.0 Å². The van der Waals surface area contributed by atoms with Gasteiger partial charge in [0.2, 0.25) is 0 Å². The summed E-state index contributed by atoms with van der Waals surface area (Å²) in [5.74, 6) is -0.275. The van der Waals surface area contributed by atoms with Gasteiger partial charge in [0.05, 0.1) is 25.8 Å². The molecule has 1 atom stereocenters. The summed E-state index contributed by atoms with van der Waals surface area (Å²) in [6, 6.07) is 27.8. The SMILES string of the molecule is COc1cccc(C(=O)C[C@]2(O)C(=O)N(Cc3cccc4ccccc34)c3ccccc32)c1. The number of hydrogen-bond donors (Lipinski definition) is 1. The van der Waals surface area contributed by atoms with Crippen LogP contribution >= 0.6 is 0 Å². The van der Waals surface area contributed by atoms with Crippen LogP contribution in [0.4, 0.5) is 5.69 Å². The van der Waals surface area contributed by atoms with E-state index in [1.165, 1.54) is 7.11 Å². The van der Waals surface area contributed by atoms with Gasteiger partial charge < -0.3 is 14.7 Å². The summed E-state index contributed by atoms with van der Waals surface area (Å²) in [4.78, 5) is 28.3. The Morgan fingerprint density at radius 1 is 0.939 bits per heavy atom. The second-order valence-electron chi connectivity index (χ2n) is 8.24. The van der Waals surface area contributed by atoms with Gasteiger partial charge in [-0.15, -0.1) is 0 Å². The van der Waals surface area contributed by atoms with Crippen molar-refractivity contribution in [1.29, 1.82) is 0 Å². The number of anilines is 1. The number of nitrogens with zero attached hydrogens (tertiary/aromatic N) is 1. The third-order valence-electron chi connectivity index (χ3n) is 6.26. The Bertz CT molecular complexity index is 1370. The topological polar surface area (TPSA) is 66.8 Å². The van der Waals surface area contributed by atoms with Gasteiger partial charge in [-0.25, -0.2) is 0 Å². The van der Waals surface area contributed by atoms with Crippen LogP contribution in [0.2, 0.25) is 0 Å². The zero-order valence-electron chi connectivity index (χ0n) is 18.2. The number of carbonyl (C=O) groups excluding carboxylic acids is 2. The van der Waals surface area contributed by atoms with Gasteiger partial charge in [0.1, 0.15) is 5.75 Å². The Morgan fingerprint density at radius 3 is 2.52 bits per heavy atom. The standard InChI is InChI=1S/C28H23NO4/c1-33-22-12-7-10-20(16-22)26(30)17-28(32)24-14-4-5-15-25(24)29(27(28)31)18-21-11-6-9-19-8-2-3-13-23(19)21/h2-16,32H,17-18H2,1H3/t28-/m1/s1. The van der Waals surface area contributed by atoms with Crippen LogP contribution in [-0.2, 0) is 16.9 Å². The molecular formula is C28H23NO4. The second-order valence-corrected chi connectivity index (χ2v) is 8.24. The summed E-state index contributed by atoms with van der Waals surface area (Å²) in [6.45, 7) is 0.298. The Kier molecular flexibility index (Phi) is 5.19. The van der Waals surface area contributed by atoms with E-state index in [0.717, 1.165) is 16.3 Å². The number of amides is 1. The van der Waals surface area contributed by atoms with Crippen LogP contribution in [0.3, 0.4) is 0 Å². The molecule has 0 radical (unpaired) electrons. The Morgan fingerprint density at radius 2 is 1.67 bits per heavy atom. The Labute approximate surface area is 191 Å². The fourth-order valence-corrected chi connectivity index (χ4v) is 4.57. The normalized spacial score (nSPS) is 17.3. The smallest absolute Gasteiger partial charge is 0.264 e. The predicted octanol–water partition coefficient (Wildman–Crippen LogP) is 4.86. The van der Waals surface area contributed by atoms with Crippen LogP contribution in [0.1, 0.15) is 27.9 Å². The Hall–Kier alpha value is -3.96. The number of benzene rings is 4. The quantitative estimate of drug-likeness (QED) is 0.438. The molecule has 164 valence electrons. The molecule has 5 nitrogen and oxygen atoms in total. The minimum atomic E-state index is -1.93. The first-order valence-corrected chi connectivity index (χ1v) is 10.8. The van der Waals surface area contributed by atoms with Crippen LogP contribution in [0, 0.1) is 0 Å². The van der Waals surface area contributed by atoms with Crippen LogP contribution in [0.25, 0.3) is 10.8 Å². The summed E-state index contributed by atoms with van der Waals surface area (Å²) in [7, 11) is 1.53. The number of rotatable bonds is 6. The molecule has 0 aliphatic carbocycles. The highest BCUT2D eigenvalue weighted by molar-refractivity contribution is 6.11. The molecule has 0 aromatic heterocycles. The van der Waals surface area contributed by atoms with Gasteiger partial charge in [-0.3, -0.25) is 9.59 Å². The predicted molar refractivity (Wildman–Crippen MR) is 127 cm³/mol. The van der Waals surface area contributed by atoms with Crippen molar-refractivity contribution in [2.45, 2.75) is 18.6 Å². The van der Waals surface area contributed by atoms with Gasteiger partial charge >= 0.3 is 0 Å². The second kappa shape index (κ2) is 8.19. The number of ether oxygens (including phenoxy) is 1. The summed E-state index contributed by atoms with van der Waals surface area (Å²) >= 11 is 0. The zero-order valence-corrected chi connectivity index (χ0v) is 18.2. The largest absolute Gasteiger partial charge is 0.497 e. The Balaban J connectivity index is 1.51. The minimum absolute atomic E-state index is 0.298. The number of para-hydroxylation sites is 1. The number of hydrogen-bond acceptors (Lipinski definition) is 4. The molecule has 4 aromatic carbocycles. The van der Waals surface area contributed by atoms with E-state index >= 15 is 0 Å². The minimum Gasteiger partial charge on any atom is -0.497 e. The maximum absolute atomic E-state index is 13.6. The zero-order chi connectivity index (χ0) is 23.0. The fraction of sp³-hybridized carbons (Fsp3) is 0.143. The van der Waals surface area contributed by atoms with Crippen molar-refractivity contribution < 1.29 is 19.4 Å². The third kappa shape index (κ3) is 3.56. The van der Waals surface area contributed by atoms with Crippen molar-refractivity contribution in [3.63, 3.8) is 0 Å². The lowest BCUT2D eigenvalue weighted by Crippen LogP contribution is -2.41. The molecule has 0 fully saturated rings. The first kappa shape index (κ1) is 20.9. The lowest BCUT2D eigenvalue weighted by molar-refractivity contribution is -0.136. The first-order chi connectivity index (χ1) is 16.0. The molecule has 0 bridgehead atoms. The molecule has 0 spiro atoms. The molecule has 1 heterocycles. The van der Waals surface area contributed by atoms with E-state index in [2.05, 4.69) is 0 Å². The van der Waals surface area contributed by atoms with Gasteiger partial charge in [0.15, 0.2) is 11.4 Å². The molecule has 1 aliphatic rings. The molecule has 0 unspecified atom stereocenters. The molecular weight excluding hydrogens is 414 g/mol. The fourth-order valence-electron chi connectivity index (χ4n) is 4.57. The van der Waals surface area contributed by atoms with Crippen molar-refractivity contribution in [2.24, 2.45) is 0 Å². The van der Waals surface area contributed by atoms with E-state index in [0.29, 0.717) is 29.1 Å². The van der Waals surface area contributed by atoms with Crippen molar-refractivity contribution >= 4 is 28.2 Å². The van der Waals surface area contributed by atoms with E-state index in [9.17, 15) is 14.7 Å². The highest BCUT2D eigenvalue weighted by atomic mass is 16.5. The molecule has 0 saturated carbocycles. The number of ketones is 1. The molecule has 0 saturated heterocycles. The van der Waals surface area contributed by atoms with E-state index in [4.69, 9.17) is 4.74 Å². The molecule has 4 aromatic rings. The van der Waals surface area contributed by atoms with Gasteiger partial charge in [-0.2, -0.15) is 0 Å². The van der Waals surface area contributed by atoms with Gasteiger partial charge in [-0.05, 0) is 34.5 Å². The number of carbonyl (C=O) groups is 2. The van der Waals surface area contributed by atoms with E-state index < -0.39 is 11.5 Å². The maximum atomic E-state index is 13.6. The lowest BCUT2D eigenvalue weighted by Gasteiger charge is -2.23. The number of Topliss-reactive ketones (excluding diaryl/α,β-unsaturated/α-hetero) is 1. The average molecular weight is 437 g/mol. The number of aliphatic hydroxyl groups is 1. The van der Waals surface area contributed by atoms with Crippen molar-refractivity contribution in [1.82, 2.24) is 0 Å². The molecule has 1 amide bonds. The van der Waals surface area contributed by atoms with Crippen molar-refractivity contribution in [3.05, 3.63) is 108 Å². The van der Waals surface area contributed by atoms with Gasteiger partial charge in [0.25, 0.3) is 5.91 Å². The van der Waals surface area contributed by atoms with Crippen LogP contribution in [0.5, 0.6) is 5.75 Å². The van der Waals surface area contributed by atoms with Crippen LogP contribution in [-0.4, -0.2) is 23.9 Å². The van der Waals surface area contributed by atoms with Crippen LogP contribution < -0.4 is 9.64 Å². The molecule has 1 aliphatic heterocycles. The monoisotopic (exact) mass is 437 g/mol. The maximum Gasteiger partial charge on any atom is 0.264 e. The van der Waals surface area contributed by atoms with Crippen molar-refractivity contribution in [2.75, 3.05) is 12.0 Å².